The highest BCUT2D eigenvalue weighted by molar-refractivity contribution is 5.98. The first-order valence-corrected chi connectivity index (χ1v) is 7.49. The molecule has 2 rings (SSSR count). The van der Waals surface area contributed by atoms with E-state index in [-0.39, 0.29) is 5.78 Å². The van der Waals surface area contributed by atoms with E-state index in [1.54, 1.807) is 7.11 Å². The highest BCUT2D eigenvalue weighted by Crippen LogP contribution is 2.40. The Labute approximate surface area is 121 Å². The molecular weight excluding hydrogens is 250 g/mol. The van der Waals surface area contributed by atoms with E-state index in [4.69, 9.17) is 4.74 Å². The minimum absolute atomic E-state index is 0.264. The molecule has 0 saturated carbocycles. The summed E-state index contributed by atoms with van der Waals surface area (Å²) in [5, 5.41) is 0. The molecule has 0 aromatic heterocycles. The first-order chi connectivity index (χ1) is 9.60. The molecule has 0 aliphatic heterocycles. The number of fused-ring (bicyclic) bond motifs is 1. The van der Waals surface area contributed by atoms with Crippen LogP contribution in [0.4, 0.5) is 0 Å². The normalized spacial score (nSPS) is 17.9. The van der Waals surface area contributed by atoms with Gasteiger partial charge in [0.05, 0.1) is 7.11 Å². The smallest absolute Gasteiger partial charge is 0.163 e. The number of ketones is 1. The Morgan fingerprint density at radius 3 is 2.75 bits per heavy atom. The highest BCUT2D eigenvalue weighted by atomic mass is 16.5. The fourth-order valence-corrected chi connectivity index (χ4v) is 3.21. The third kappa shape index (κ3) is 2.73. The highest BCUT2D eigenvalue weighted by Gasteiger charge is 2.29. The molecule has 3 heteroatoms. The van der Waals surface area contributed by atoms with Crippen molar-refractivity contribution in [1.82, 2.24) is 4.90 Å². The zero-order chi connectivity index (χ0) is 14.7. The van der Waals surface area contributed by atoms with E-state index in [9.17, 15) is 4.79 Å². The van der Waals surface area contributed by atoms with Crippen molar-refractivity contribution >= 4 is 5.78 Å². The molecular formula is C17H25NO2. The van der Waals surface area contributed by atoms with Crippen molar-refractivity contribution in [1.29, 1.82) is 0 Å². The summed E-state index contributed by atoms with van der Waals surface area (Å²) in [7, 11) is 5.89. The van der Waals surface area contributed by atoms with Crippen LogP contribution in [0, 0.1) is 0 Å². The minimum atomic E-state index is 0.264. The van der Waals surface area contributed by atoms with Crippen molar-refractivity contribution in [2.24, 2.45) is 0 Å². The summed E-state index contributed by atoms with van der Waals surface area (Å²) < 4.78 is 5.51. The molecule has 3 nitrogen and oxygen atoms in total. The van der Waals surface area contributed by atoms with Crippen molar-refractivity contribution in [2.45, 2.75) is 45.1 Å². The summed E-state index contributed by atoms with van der Waals surface area (Å²) in [4.78, 5) is 14.6. The number of Topliss-reactive ketones (excluding diaryl/α,β-unsaturated/α-hetero) is 1. The summed E-state index contributed by atoms with van der Waals surface area (Å²) in [5.74, 6) is 1.19. The number of hydrogen-bond donors (Lipinski definition) is 0. The lowest BCUT2D eigenvalue weighted by Crippen LogP contribution is -2.27. The van der Waals surface area contributed by atoms with Gasteiger partial charge in [0.25, 0.3) is 0 Å². The Balaban J connectivity index is 2.56. The van der Waals surface area contributed by atoms with Gasteiger partial charge in [0.15, 0.2) is 5.78 Å². The summed E-state index contributed by atoms with van der Waals surface area (Å²) in [6, 6.07) is 4.24. The molecule has 0 heterocycles. The molecule has 0 spiro atoms. The van der Waals surface area contributed by atoms with E-state index >= 15 is 0 Å². The molecule has 0 saturated heterocycles. The van der Waals surface area contributed by atoms with Crippen LogP contribution in [0.25, 0.3) is 0 Å². The van der Waals surface area contributed by atoms with Crippen LogP contribution in [-0.2, 0) is 6.42 Å². The van der Waals surface area contributed by atoms with Crippen molar-refractivity contribution in [3.8, 4) is 5.75 Å². The molecule has 0 radical (unpaired) electrons. The zero-order valence-corrected chi connectivity index (χ0v) is 13.0. The number of ether oxygens (including phenoxy) is 1. The van der Waals surface area contributed by atoms with Crippen LogP contribution >= 0.6 is 0 Å². The fraction of sp³-hybridized carbons (Fsp3) is 0.588. The molecule has 20 heavy (non-hydrogen) atoms. The van der Waals surface area contributed by atoms with Gasteiger partial charge in [0.2, 0.25) is 0 Å². The Morgan fingerprint density at radius 1 is 1.40 bits per heavy atom. The molecule has 110 valence electrons. The number of hydrogen-bond acceptors (Lipinski definition) is 3. The lowest BCUT2D eigenvalue weighted by Gasteiger charge is -2.33. The van der Waals surface area contributed by atoms with E-state index in [0.717, 1.165) is 37.0 Å². The van der Waals surface area contributed by atoms with Gasteiger partial charge in [0, 0.05) is 18.0 Å². The summed E-state index contributed by atoms with van der Waals surface area (Å²) in [6.45, 7) is 2.05. The monoisotopic (exact) mass is 275 g/mol. The van der Waals surface area contributed by atoms with Crippen LogP contribution < -0.4 is 4.74 Å². The van der Waals surface area contributed by atoms with E-state index in [1.807, 2.05) is 12.1 Å². The van der Waals surface area contributed by atoms with Crippen LogP contribution in [-0.4, -0.2) is 31.9 Å². The van der Waals surface area contributed by atoms with Gasteiger partial charge < -0.3 is 9.64 Å². The van der Waals surface area contributed by atoms with E-state index < -0.39 is 0 Å². The largest absolute Gasteiger partial charge is 0.496 e. The molecule has 0 fully saturated rings. The third-order valence-corrected chi connectivity index (χ3v) is 4.17. The molecule has 0 bridgehead atoms. The summed E-state index contributed by atoms with van der Waals surface area (Å²) in [6.07, 6.45) is 4.79. The van der Waals surface area contributed by atoms with Gasteiger partial charge in [0.1, 0.15) is 5.75 Å². The van der Waals surface area contributed by atoms with Crippen LogP contribution in [0.5, 0.6) is 5.75 Å². The maximum absolute atomic E-state index is 12.4. The molecule has 0 N–H and O–H groups in total. The number of benzene rings is 1. The number of nitrogens with zero attached hydrogens (tertiary/aromatic N) is 1. The summed E-state index contributed by atoms with van der Waals surface area (Å²) in [5.41, 5.74) is 3.35. The topological polar surface area (TPSA) is 29.5 Å². The van der Waals surface area contributed by atoms with E-state index in [1.165, 1.54) is 11.1 Å². The van der Waals surface area contributed by atoms with E-state index in [2.05, 4.69) is 25.9 Å². The number of carbonyl (C=O) groups excluding carboxylic acids is 1. The predicted molar refractivity (Wildman–Crippen MR) is 81.6 cm³/mol. The standard InChI is InChI=1S/C17H25NO2/c1-5-7-15(19)12-10-11-16(20-4)13-8-6-9-14(17(12)13)18(2)3/h10-11,14H,5-9H2,1-4H3/t14-/m0/s1. The molecule has 1 aromatic rings. The second-order valence-corrected chi connectivity index (χ2v) is 5.75. The molecule has 1 aromatic carbocycles. The second kappa shape index (κ2) is 6.40. The first-order valence-electron chi connectivity index (χ1n) is 7.49. The van der Waals surface area contributed by atoms with Crippen molar-refractivity contribution in [3.05, 3.63) is 28.8 Å². The van der Waals surface area contributed by atoms with Gasteiger partial charge in [-0.05, 0) is 63.0 Å². The van der Waals surface area contributed by atoms with Gasteiger partial charge in [-0.3, -0.25) is 4.79 Å². The predicted octanol–water partition coefficient (Wildman–Crippen LogP) is 3.62. The van der Waals surface area contributed by atoms with Crippen LogP contribution in [0.15, 0.2) is 12.1 Å². The second-order valence-electron chi connectivity index (χ2n) is 5.75. The Morgan fingerprint density at radius 2 is 2.15 bits per heavy atom. The average Bonchev–Trinajstić information content (AvgIpc) is 2.45. The van der Waals surface area contributed by atoms with Crippen LogP contribution in [0.1, 0.15) is 60.1 Å². The zero-order valence-electron chi connectivity index (χ0n) is 13.0. The quantitative estimate of drug-likeness (QED) is 0.769. The van der Waals surface area contributed by atoms with E-state index in [0.29, 0.717) is 12.5 Å². The molecule has 1 aliphatic carbocycles. The number of rotatable bonds is 5. The fourth-order valence-electron chi connectivity index (χ4n) is 3.21. The number of carbonyl (C=O) groups is 1. The van der Waals surface area contributed by atoms with Crippen LogP contribution in [0.2, 0.25) is 0 Å². The minimum Gasteiger partial charge on any atom is -0.496 e. The van der Waals surface area contributed by atoms with Gasteiger partial charge in [-0.1, -0.05) is 6.92 Å². The molecule has 0 unspecified atom stereocenters. The Hall–Kier alpha value is -1.35. The third-order valence-electron chi connectivity index (χ3n) is 4.17. The SMILES string of the molecule is CCCC(=O)c1ccc(OC)c2c1[C@@H](N(C)C)CCC2. The van der Waals surface area contributed by atoms with Gasteiger partial charge in [-0.15, -0.1) is 0 Å². The molecule has 1 atom stereocenters. The van der Waals surface area contributed by atoms with Crippen molar-refractivity contribution in [2.75, 3.05) is 21.2 Å². The van der Waals surface area contributed by atoms with Gasteiger partial charge in [-0.25, -0.2) is 0 Å². The van der Waals surface area contributed by atoms with Gasteiger partial charge >= 0.3 is 0 Å². The molecule has 0 amide bonds. The lowest BCUT2D eigenvalue weighted by molar-refractivity contribution is 0.0978. The summed E-state index contributed by atoms with van der Waals surface area (Å²) >= 11 is 0. The van der Waals surface area contributed by atoms with Crippen molar-refractivity contribution in [3.63, 3.8) is 0 Å². The molecule has 1 aliphatic rings. The van der Waals surface area contributed by atoms with Crippen LogP contribution in [0.3, 0.4) is 0 Å². The van der Waals surface area contributed by atoms with Crippen molar-refractivity contribution < 1.29 is 9.53 Å². The van der Waals surface area contributed by atoms with Gasteiger partial charge in [-0.2, -0.15) is 0 Å². The lowest BCUT2D eigenvalue weighted by atomic mass is 9.82. The Bertz CT molecular complexity index is 494. The maximum atomic E-state index is 12.4. The first kappa shape index (κ1) is 15.0. The maximum Gasteiger partial charge on any atom is 0.163 e. The Kier molecular flexibility index (Phi) is 4.81. The number of methoxy groups -OCH3 is 1. The average molecular weight is 275 g/mol.